The van der Waals surface area contributed by atoms with E-state index in [9.17, 15) is 14.9 Å². The maximum Gasteiger partial charge on any atom is 0.293 e. The van der Waals surface area contributed by atoms with Crippen LogP contribution in [0.3, 0.4) is 0 Å². The van der Waals surface area contributed by atoms with Gasteiger partial charge in [-0.05, 0) is 78.4 Å². The summed E-state index contributed by atoms with van der Waals surface area (Å²) in [5.74, 6) is 2.19. The summed E-state index contributed by atoms with van der Waals surface area (Å²) in [7, 11) is 0. The van der Waals surface area contributed by atoms with E-state index < -0.39 is 16.9 Å². The van der Waals surface area contributed by atoms with E-state index in [1.165, 1.54) is 11.1 Å². The number of carbonyl (C=O) groups is 1. The van der Waals surface area contributed by atoms with Gasteiger partial charge in [0.2, 0.25) is 13.6 Å². The zero-order valence-corrected chi connectivity index (χ0v) is 24.3. The van der Waals surface area contributed by atoms with E-state index >= 15 is 0 Å². The number of hydrogen-bond acceptors (Lipinski definition) is 10. The number of nitro groups is 1. The summed E-state index contributed by atoms with van der Waals surface area (Å²) in [5, 5.41) is 18.7. The van der Waals surface area contributed by atoms with Crippen LogP contribution in [0.1, 0.15) is 46.8 Å². The monoisotopic (exact) mass is 610 g/mol. The Morgan fingerprint density at radius 2 is 1.64 bits per heavy atom. The molecule has 12 nitrogen and oxygen atoms in total. The number of allylic oxidation sites excluding steroid dienone is 1. The standard InChI is InChI=1S/C33H30N4O8/c38-33(23-5-7-25(26(16-23)37(39)40)35-10-12-41-13-11-35)36-32(22-6-9-28-30(17-22)45-19-43-28)24-3-1-2-21(31(24)34-36)14-20-4-8-27-29(15-20)44-18-42-27/h4-9,14-17,24,32H,1-3,10-13,18-19H2/b21-14-/t24-,32+/m1/s1. The zero-order valence-electron chi connectivity index (χ0n) is 24.3. The van der Waals surface area contributed by atoms with Crippen LogP contribution >= 0.6 is 0 Å². The van der Waals surface area contributed by atoms with Crippen LogP contribution in [-0.2, 0) is 4.74 Å². The van der Waals surface area contributed by atoms with Crippen molar-refractivity contribution in [2.75, 3.05) is 44.8 Å². The van der Waals surface area contributed by atoms with Crippen molar-refractivity contribution >= 4 is 29.1 Å². The zero-order chi connectivity index (χ0) is 30.5. The van der Waals surface area contributed by atoms with Crippen LogP contribution in [0, 0.1) is 16.0 Å². The maximum atomic E-state index is 14.3. The third-order valence-corrected chi connectivity index (χ3v) is 8.96. The lowest BCUT2D eigenvalue weighted by Crippen LogP contribution is -2.36. The van der Waals surface area contributed by atoms with Crippen LogP contribution in [-0.4, -0.2) is 61.4 Å². The number of benzene rings is 3. The third kappa shape index (κ3) is 4.91. The lowest BCUT2D eigenvalue weighted by molar-refractivity contribution is -0.384. The molecule has 0 radical (unpaired) electrons. The number of morpholine rings is 1. The quantitative estimate of drug-likeness (QED) is 0.279. The topological polar surface area (TPSA) is 125 Å². The van der Waals surface area contributed by atoms with Crippen molar-refractivity contribution in [3.8, 4) is 23.0 Å². The van der Waals surface area contributed by atoms with Crippen molar-refractivity contribution in [1.29, 1.82) is 0 Å². The van der Waals surface area contributed by atoms with E-state index in [1.807, 2.05) is 41.3 Å². The summed E-state index contributed by atoms with van der Waals surface area (Å²) in [6, 6.07) is 15.8. The Morgan fingerprint density at radius 3 is 2.42 bits per heavy atom. The molecule has 8 rings (SSSR count). The Hall–Kier alpha value is -5.10. The highest BCUT2D eigenvalue weighted by atomic mass is 16.7. The normalized spacial score (nSPS) is 22.4. The van der Waals surface area contributed by atoms with Crippen molar-refractivity contribution in [3.63, 3.8) is 0 Å². The molecule has 0 N–H and O–H groups in total. The van der Waals surface area contributed by atoms with Crippen molar-refractivity contribution in [2.45, 2.75) is 25.3 Å². The second kappa shape index (κ2) is 11.1. The molecule has 12 heteroatoms. The number of nitrogens with zero attached hydrogens (tertiary/aromatic N) is 4. The first-order valence-corrected chi connectivity index (χ1v) is 15.1. The molecule has 4 aliphatic heterocycles. The van der Waals surface area contributed by atoms with Gasteiger partial charge in [-0.2, -0.15) is 5.10 Å². The van der Waals surface area contributed by atoms with Crippen LogP contribution in [0.4, 0.5) is 11.4 Å². The number of hydrogen-bond donors (Lipinski definition) is 0. The molecule has 0 bridgehead atoms. The molecule has 4 heterocycles. The first-order valence-electron chi connectivity index (χ1n) is 15.1. The first-order chi connectivity index (χ1) is 22.0. The minimum absolute atomic E-state index is 0.0778. The Bertz CT molecular complexity index is 1770. The molecular formula is C33H30N4O8. The van der Waals surface area contributed by atoms with Crippen molar-refractivity contribution in [3.05, 3.63) is 87.0 Å². The van der Waals surface area contributed by atoms with Crippen LogP contribution in [0.2, 0.25) is 0 Å². The fourth-order valence-electron chi connectivity index (χ4n) is 6.81. The summed E-state index contributed by atoms with van der Waals surface area (Å²) < 4.78 is 27.7. The van der Waals surface area contributed by atoms with Gasteiger partial charge in [-0.3, -0.25) is 14.9 Å². The number of amides is 1. The van der Waals surface area contributed by atoms with Crippen LogP contribution in [0.5, 0.6) is 23.0 Å². The summed E-state index contributed by atoms with van der Waals surface area (Å²) in [4.78, 5) is 28.0. The largest absolute Gasteiger partial charge is 0.454 e. The fraction of sp³-hybridized carbons (Fsp3) is 0.333. The lowest BCUT2D eigenvalue weighted by atomic mass is 9.77. The Morgan fingerprint density at radius 1 is 0.911 bits per heavy atom. The van der Waals surface area contributed by atoms with Crippen molar-refractivity contribution in [2.24, 2.45) is 11.0 Å². The highest BCUT2D eigenvalue weighted by molar-refractivity contribution is 6.09. The molecule has 0 unspecified atom stereocenters. The SMILES string of the molecule is O=C(c1ccc(N2CCOCC2)c([N+](=O)[O-])c1)N1N=C2/C(=C\c3ccc4c(c3)OCO4)CCC[C@H]2[C@@H]1c1ccc2c(c1)OCO2. The predicted octanol–water partition coefficient (Wildman–Crippen LogP) is 5.33. The number of nitro benzene ring substituents is 1. The van der Waals surface area contributed by atoms with Crippen LogP contribution < -0.4 is 23.8 Å². The van der Waals surface area contributed by atoms with Crippen LogP contribution in [0.25, 0.3) is 6.08 Å². The van der Waals surface area contributed by atoms with Gasteiger partial charge in [-0.25, -0.2) is 5.01 Å². The summed E-state index contributed by atoms with van der Waals surface area (Å²) in [6.07, 6.45) is 4.65. The highest BCUT2D eigenvalue weighted by Crippen LogP contribution is 2.47. The molecule has 1 aliphatic carbocycles. The van der Waals surface area contributed by atoms with Gasteiger partial charge in [0, 0.05) is 30.6 Å². The van der Waals surface area contributed by atoms with Gasteiger partial charge in [0.15, 0.2) is 23.0 Å². The van der Waals surface area contributed by atoms with Gasteiger partial charge in [-0.15, -0.1) is 0 Å². The Labute approximate surface area is 258 Å². The molecule has 3 aromatic rings. The van der Waals surface area contributed by atoms with E-state index in [0.717, 1.165) is 41.7 Å². The molecule has 2 fully saturated rings. The Kier molecular flexibility index (Phi) is 6.78. The molecule has 3 aromatic carbocycles. The number of rotatable bonds is 5. The average molecular weight is 611 g/mol. The minimum atomic E-state index is -0.432. The summed E-state index contributed by atoms with van der Waals surface area (Å²) in [5.41, 5.74) is 4.26. The van der Waals surface area contributed by atoms with E-state index in [4.69, 9.17) is 28.8 Å². The van der Waals surface area contributed by atoms with Gasteiger partial charge in [0.25, 0.3) is 11.6 Å². The molecular weight excluding hydrogens is 580 g/mol. The minimum Gasteiger partial charge on any atom is -0.454 e. The number of carbonyl (C=O) groups excluding carboxylic acids is 1. The second-order valence-corrected chi connectivity index (χ2v) is 11.5. The van der Waals surface area contributed by atoms with Gasteiger partial charge in [-0.1, -0.05) is 12.1 Å². The van der Waals surface area contributed by atoms with Crippen LogP contribution in [0.15, 0.2) is 65.3 Å². The van der Waals surface area contributed by atoms with Crippen molar-refractivity contribution in [1.82, 2.24) is 5.01 Å². The fourth-order valence-corrected chi connectivity index (χ4v) is 6.81. The number of ether oxygens (including phenoxy) is 5. The summed E-state index contributed by atoms with van der Waals surface area (Å²) >= 11 is 0. The van der Waals surface area contributed by atoms with E-state index in [0.29, 0.717) is 55.0 Å². The molecule has 230 valence electrons. The number of anilines is 1. The van der Waals surface area contributed by atoms with Crippen molar-refractivity contribution < 1.29 is 33.4 Å². The van der Waals surface area contributed by atoms with E-state index in [2.05, 4.69) is 6.08 Å². The third-order valence-electron chi connectivity index (χ3n) is 8.96. The number of fused-ring (bicyclic) bond motifs is 3. The Balaban J connectivity index is 1.19. The van der Waals surface area contributed by atoms with Gasteiger partial charge < -0.3 is 28.6 Å². The average Bonchev–Trinajstić information content (AvgIpc) is 3.83. The molecule has 0 aromatic heterocycles. The van der Waals surface area contributed by atoms with Gasteiger partial charge in [0.05, 0.1) is 29.9 Å². The number of hydrazone groups is 1. The predicted molar refractivity (Wildman–Crippen MR) is 163 cm³/mol. The molecule has 45 heavy (non-hydrogen) atoms. The summed E-state index contributed by atoms with van der Waals surface area (Å²) in [6.45, 7) is 2.40. The van der Waals surface area contributed by atoms with E-state index in [-0.39, 0.29) is 30.8 Å². The first kappa shape index (κ1) is 27.4. The molecule has 2 atom stereocenters. The molecule has 5 aliphatic rings. The molecule has 0 spiro atoms. The van der Waals surface area contributed by atoms with E-state index in [1.54, 1.807) is 12.1 Å². The lowest BCUT2D eigenvalue weighted by Gasteiger charge is -2.30. The molecule has 1 amide bonds. The highest BCUT2D eigenvalue weighted by Gasteiger charge is 2.44. The van der Waals surface area contributed by atoms with Gasteiger partial charge in [0.1, 0.15) is 5.69 Å². The maximum absolute atomic E-state index is 14.3. The molecule has 1 saturated heterocycles. The molecule has 1 saturated carbocycles. The second-order valence-electron chi connectivity index (χ2n) is 11.5. The smallest absolute Gasteiger partial charge is 0.293 e. The van der Waals surface area contributed by atoms with Gasteiger partial charge >= 0.3 is 0 Å².